The van der Waals surface area contributed by atoms with Gasteiger partial charge in [0.1, 0.15) is 5.82 Å². The smallest absolute Gasteiger partial charge is 0.151 e. The third kappa shape index (κ3) is 4.51. The SMILES string of the molecule is CCCCc1nc(Cl)c(CNCC(C)O)[nH]1. The Balaban J connectivity index is 2.43. The maximum absolute atomic E-state index is 9.10. The molecule has 92 valence electrons. The van der Waals surface area contributed by atoms with Gasteiger partial charge in [-0.05, 0) is 13.3 Å². The van der Waals surface area contributed by atoms with Crippen molar-refractivity contribution in [2.75, 3.05) is 6.54 Å². The van der Waals surface area contributed by atoms with E-state index in [0.717, 1.165) is 30.8 Å². The molecule has 0 aliphatic heterocycles. The van der Waals surface area contributed by atoms with E-state index in [4.69, 9.17) is 16.7 Å². The Morgan fingerprint density at radius 1 is 1.56 bits per heavy atom. The topological polar surface area (TPSA) is 60.9 Å². The molecule has 4 nitrogen and oxygen atoms in total. The number of aromatic amines is 1. The van der Waals surface area contributed by atoms with E-state index >= 15 is 0 Å². The van der Waals surface area contributed by atoms with Crippen LogP contribution in [-0.4, -0.2) is 27.7 Å². The number of aliphatic hydroxyl groups is 1. The van der Waals surface area contributed by atoms with Gasteiger partial charge in [0.15, 0.2) is 5.15 Å². The van der Waals surface area contributed by atoms with Crippen LogP contribution in [-0.2, 0) is 13.0 Å². The summed E-state index contributed by atoms with van der Waals surface area (Å²) in [6.07, 6.45) is 2.85. The van der Waals surface area contributed by atoms with Crippen LogP contribution in [0, 0.1) is 0 Å². The van der Waals surface area contributed by atoms with Crippen molar-refractivity contribution in [1.29, 1.82) is 0 Å². The van der Waals surface area contributed by atoms with Crippen LogP contribution >= 0.6 is 11.6 Å². The molecular weight excluding hydrogens is 226 g/mol. The van der Waals surface area contributed by atoms with E-state index in [0.29, 0.717) is 18.2 Å². The highest BCUT2D eigenvalue weighted by atomic mass is 35.5. The zero-order valence-corrected chi connectivity index (χ0v) is 10.6. The predicted molar refractivity (Wildman–Crippen MR) is 65.6 cm³/mol. The van der Waals surface area contributed by atoms with Gasteiger partial charge in [-0.1, -0.05) is 24.9 Å². The van der Waals surface area contributed by atoms with Gasteiger partial charge in [0.05, 0.1) is 11.8 Å². The number of aromatic nitrogens is 2. The van der Waals surface area contributed by atoms with E-state index < -0.39 is 0 Å². The molecule has 0 fully saturated rings. The zero-order valence-electron chi connectivity index (χ0n) is 9.89. The normalized spacial score (nSPS) is 13.0. The second kappa shape index (κ2) is 6.89. The number of hydrogen-bond acceptors (Lipinski definition) is 3. The number of halogens is 1. The lowest BCUT2D eigenvalue weighted by Gasteiger charge is -2.05. The fourth-order valence-corrected chi connectivity index (χ4v) is 1.64. The summed E-state index contributed by atoms with van der Waals surface area (Å²) in [5.74, 6) is 0.945. The molecule has 0 spiro atoms. The first-order valence-electron chi connectivity index (χ1n) is 5.75. The van der Waals surface area contributed by atoms with Crippen LogP contribution in [0.3, 0.4) is 0 Å². The van der Waals surface area contributed by atoms with Gasteiger partial charge in [0, 0.05) is 19.5 Å². The second-order valence-corrected chi connectivity index (χ2v) is 4.39. The van der Waals surface area contributed by atoms with Gasteiger partial charge in [0.2, 0.25) is 0 Å². The number of nitrogens with zero attached hydrogens (tertiary/aromatic N) is 1. The van der Waals surface area contributed by atoms with Crippen LogP contribution in [0.25, 0.3) is 0 Å². The number of aryl methyl sites for hydroxylation is 1. The molecule has 0 saturated heterocycles. The molecule has 3 N–H and O–H groups in total. The van der Waals surface area contributed by atoms with Gasteiger partial charge in [-0.2, -0.15) is 0 Å². The summed E-state index contributed by atoms with van der Waals surface area (Å²) in [5.41, 5.74) is 0.897. The molecule has 1 aromatic heterocycles. The summed E-state index contributed by atoms with van der Waals surface area (Å²) in [7, 11) is 0. The molecule has 1 aromatic rings. The molecule has 16 heavy (non-hydrogen) atoms. The quantitative estimate of drug-likeness (QED) is 0.687. The minimum atomic E-state index is -0.346. The van der Waals surface area contributed by atoms with E-state index in [9.17, 15) is 0 Å². The van der Waals surface area contributed by atoms with E-state index in [2.05, 4.69) is 22.2 Å². The molecule has 1 heterocycles. The first kappa shape index (κ1) is 13.5. The van der Waals surface area contributed by atoms with E-state index in [1.165, 1.54) is 0 Å². The molecule has 1 atom stereocenters. The third-order valence-electron chi connectivity index (χ3n) is 2.29. The van der Waals surface area contributed by atoms with Gasteiger partial charge < -0.3 is 15.4 Å². The Labute approximate surface area is 101 Å². The zero-order chi connectivity index (χ0) is 12.0. The van der Waals surface area contributed by atoms with Crippen LogP contribution in [0.4, 0.5) is 0 Å². The lowest BCUT2D eigenvalue weighted by Crippen LogP contribution is -2.24. The maximum Gasteiger partial charge on any atom is 0.151 e. The number of aliphatic hydroxyl groups excluding tert-OH is 1. The number of nitrogens with one attached hydrogen (secondary N) is 2. The number of hydrogen-bond donors (Lipinski definition) is 3. The number of imidazole rings is 1. The van der Waals surface area contributed by atoms with Gasteiger partial charge >= 0.3 is 0 Å². The van der Waals surface area contributed by atoms with Crippen LogP contribution in [0.2, 0.25) is 5.15 Å². The van der Waals surface area contributed by atoms with Gasteiger partial charge in [-0.15, -0.1) is 0 Å². The Kier molecular flexibility index (Phi) is 5.80. The summed E-state index contributed by atoms with van der Waals surface area (Å²) in [5, 5.41) is 12.7. The first-order chi connectivity index (χ1) is 7.63. The highest BCUT2D eigenvalue weighted by Crippen LogP contribution is 2.13. The van der Waals surface area contributed by atoms with Gasteiger partial charge in [0.25, 0.3) is 0 Å². The summed E-state index contributed by atoms with van der Waals surface area (Å²) in [6.45, 7) is 5.06. The van der Waals surface area contributed by atoms with Crippen LogP contribution < -0.4 is 5.32 Å². The Morgan fingerprint density at radius 2 is 2.31 bits per heavy atom. The van der Waals surface area contributed by atoms with Gasteiger partial charge in [-0.25, -0.2) is 4.98 Å². The lowest BCUT2D eigenvalue weighted by atomic mass is 10.2. The minimum absolute atomic E-state index is 0.346. The summed E-state index contributed by atoms with van der Waals surface area (Å²) >= 11 is 5.99. The van der Waals surface area contributed by atoms with E-state index in [1.807, 2.05) is 0 Å². The molecule has 0 aromatic carbocycles. The molecule has 0 aliphatic rings. The van der Waals surface area contributed by atoms with Crippen molar-refractivity contribution < 1.29 is 5.11 Å². The van der Waals surface area contributed by atoms with Crippen molar-refractivity contribution in [3.8, 4) is 0 Å². The largest absolute Gasteiger partial charge is 0.392 e. The monoisotopic (exact) mass is 245 g/mol. The van der Waals surface area contributed by atoms with Crippen molar-refractivity contribution in [2.24, 2.45) is 0 Å². The summed E-state index contributed by atoms with van der Waals surface area (Å²) < 4.78 is 0. The van der Waals surface area contributed by atoms with Crippen LogP contribution in [0.15, 0.2) is 0 Å². The standard InChI is InChI=1S/C11H20ClN3O/c1-3-4-5-10-14-9(11(12)15-10)7-13-6-8(2)16/h8,13,16H,3-7H2,1-2H3,(H,14,15). The summed E-state index contributed by atoms with van der Waals surface area (Å²) in [6, 6.07) is 0. The number of H-pyrrole nitrogens is 1. The van der Waals surface area contributed by atoms with Gasteiger partial charge in [-0.3, -0.25) is 0 Å². The third-order valence-corrected chi connectivity index (χ3v) is 2.60. The highest BCUT2D eigenvalue weighted by molar-refractivity contribution is 6.30. The fourth-order valence-electron chi connectivity index (χ4n) is 1.43. The molecule has 0 radical (unpaired) electrons. The predicted octanol–water partition coefficient (Wildman–Crippen LogP) is 1.88. The first-order valence-corrected chi connectivity index (χ1v) is 6.13. The average molecular weight is 246 g/mol. The van der Waals surface area contributed by atoms with Crippen LogP contribution in [0.5, 0.6) is 0 Å². The fraction of sp³-hybridized carbons (Fsp3) is 0.727. The molecule has 1 rings (SSSR count). The van der Waals surface area contributed by atoms with Crippen molar-refractivity contribution in [1.82, 2.24) is 15.3 Å². The van der Waals surface area contributed by atoms with Crippen molar-refractivity contribution in [3.05, 3.63) is 16.7 Å². The second-order valence-electron chi connectivity index (χ2n) is 4.04. The maximum atomic E-state index is 9.10. The molecule has 0 amide bonds. The van der Waals surface area contributed by atoms with E-state index in [1.54, 1.807) is 6.92 Å². The molecule has 0 bridgehead atoms. The Bertz CT molecular complexity index is 312. The Hall–Kier alpha value is -0.580. The Morgan fingerprint density at radius 3 is 2.94 bits per heavy atom. The molecule has 0 aliphatic carbocycles. The van der Waals surface area contributed by atoms with Crippen LogP contribution in [0.1, 0.15) is 38.2 Å². The number of unbranched alkanes of at least 4 members (excludes halogenated alkanes) is 1. The van der Waals surface area contributed by atoms with Crippen molar-refractivity contribution in [2.45, 2.75) is 45.8 Å². The van der Waals surface area contributed by atoms with E-state index in [-0.39, 0.29) is 6.10 Å². The molecule has 0 saturated carbocycles. The molecule has 5 heteroatoms. The highest BCUT2D eigenvalue weighted by Gasteiger charge is 2.07. The van der Waals surface area contributed by atoms with Crippen molar-refractivity contribution in [3.63, 3.8) is 0 Å². The summed E-state index contributed by atoms with van der Waals surface area (Å²) in [4.78, 5) is 7.46. The molecule has 1 unspecified atom stereocenters. The number of rotatable bonds is 7. The average Bonchev–Trinajstić information content (AvgIpc) is 2.56. The lowest BCUT2D eigenvalue weighted by molar-refractivity contribution is 0.191. The minimum Gasteiger partial charge on any atom is -0.392 e. The van der Waals surface area contributed by atoms with Crippen molar-refractivity contribution >= 4 is 11.6 Å². The molecular formula is C11H20ClN3O.